The number of Topliss-reactive ketones (excluding diaryl/α,β-unsaturated/α-hetero) is 1. The molecule has 1 aromatic carbocycles. The Hall–Kier alpha value is -2.70. The van der Waals surface area contributed by atoms with Crippen molar-refractivity contribution in [1.82, 2.24) is 0 Å². The van der Waals surface area contributed by atoms with E-state index in [1.165, 1.54) is 0 Å². The first kappa shape index (κ1) is 10.8. The number of hydrogen-bond acceptors (Lipinski definition) is 7. The van der Waals surface area contributed by atoms with Crippen LogP contribution >= 0.6 is 0 Å². The van der Waals surface area contributed by atoms with Crippen LogP contribution in [0, 0.1) is 0 Å². The number of rotatable bonds is 0. The van der Waals surface area contributed by atoms with E-state index in [9.17, 15) is 30.0 Å². The Kier molecular flexibility index (Phi) is 2.00. The quantitative estimate of drug-likeness (QED) is 0.324. The molecule has 88 valence electrons. The summed E-state index contributed by atoms with van der Waals surface area (Å²) in [5.41, 5.74) is -1.41. The summed E-state index contributed by atoms with van der Waals surface area (Å²) in [6, 6.07) is 0. The van der Waals surface area contributed by atoms with Crippen molar-refractivity contribution in [2.75, 3.05) is 0 Å². The Morgan fingerprint density at radius 2 is 1.18 bits per heavy atom. The second-order valence-electron chi connectivity index (χ2n) is 3.37. The minimum atomic E-state index is -1.14. The highest BCUT2D eigenvalue weighted by Crippen LogP contribution is 2.48. The fourth-order valence-electron chi connectivity index (χ4n) is 1.55. The molecule has 0 amide bonds. The molecule has 0 heterocycles. The third-order valence-corrected chi connectivity index (χ3v) is 2.37. The van der Waals surface area contributed by atoms with Gasteiger partial charge in [-0.3, -0.25) is 9.59 Å². The Balaban J connectivity index is 2.93. The highest BCUT2D eigenvalue weighted by molar-refractivity contribution is 6.26. The molecule has 1 aliphatic rings. The maximum Gasteiger partial charge on any atom is 0.232 e. The number of ketones is 2. The van der Waals surface area contributed by atoms with E-state index in [0.717, 1.165) is 0 Å². The third kappa shape index (κ3) is 1.22. The second-order valence-corrected chi connectivity index (χ2v) is 3.37. The summed E-state index contributed by atoms with van der Waals surface area (Å²) in [5, 5.41) is 46.4. The number of phenols is 4. The molecule has 0 aliphatic heterocycles. The highest BCUT2D eigenvalue weighted by atomic mass is 16.3. The van der Waals surface area contributed by atoms with Crippen molar-refractivity contribution >= 4 is 11.6 Å². The summed E-state index contributed by atoms with van der Waals surface area (Å²) in [7, 11) is 0. The molecular formula is C10H6O7. The van der Waals surface area contributed by atoms with Gasteiger partial charge in [0, 0.05) is 6.08 Å². The van der Waals surface area contributed by atoms with Gasteiger partial charge in [0.25, 0.3) is 0 Å². The summed E-state index contributed by atoms with van der Waals surface area (Å²) < 4.78 is 0. The molecule has 0 unspecified atom stereocenters. The maximum atomic E-state index is 11.5. The van der Waals surface area contributed by atoms with E-state index in [-0.39, 0.29) is 0 Å². The average molecular weight is 238 g/mol. The summed E-state index contributed by atoms with van der Waals surface area (Å²) in [4.78, 5) is 22.9. The second kappa shape index (κ2) is 3.14. The van der Waals surface area contributed by atoms with Gasteiger partial charge in [0.05, 0.1) is 11.1 Å². The molecule has 0 aromatic heterocycles. The van der Waals surface area contributed by atoms with Crippen molar-refractivity contribution in [3.05, 3.63) is 23.0 Å². The molecule has 0 spiro atoms. The van der Waals surface area contributed by atoms with Crippen LogP contribution in [0.15, 0.2) is 11.8 Å². The first-order valence-electron chi connectivity index (χ1n) is 4.35. The highest BCUT2D eigenvalue weighted by Gasteiger charge is 2.35. The third-order valence-electron chi connectivity index (χ3n) is 2.37. The van der Waals surface area contributed by atoms with Gasteiger partial charge in [-0.15, -0.1) is 0 Å². The number of aliphatic hydroxyl groups excluding tert-OH is 1. The Bertz CT molecular complexity index is 597. The standard InChI is InChI=1S/C10H6O7/c11-2-1-3(12)6(13)5-4(2)7(14)9(16)10(17)8(5)15/h1,12,14-17H. The van der Waals surface area contributed by atoms with E-state index in [1.54, 1.807) is 0 Å². The van der Waals surface area contributed by atoms with Crippen LogP contribution in [0.3, 0.4) is 0 Å². The lowest BCUT2D eigenvalue weighted by atomic mass is 9.91. The normalized spacial score (nSPS) is 14.5. The molecule has 0 fully saturated rings. The zero-order valence-electron chi connectivity index (χ0n) is 8.13. The smallest absolute Gasteiger partial charge is 0.232 e. The van der Waals surface area contributed by atoms with Crippen LogP contribution in [0.5, 0.6) is 23.0 Å². The van der Waals surface area contributed by atoms with Gasteiger partial charge in [-0.25, -0.2) is 0 Å². The number of carbonyl (C=O) groups excluding carboxylic acids is 2. The van der Waals surface area contributed by atoms with Crippen molar-refractivity contribution in [3.8, 4) is 23.0 Å². The zero-order valence-corrected chi connectivity index (χ0v) is 8.13. The number of benzene rings is 1. The Morgan fingerprint density at radius 1 is 0.706 bits per heavy atom. The summed E-state index contributed by atoms with van der Waals surface area (Å²) >= 11 is 0. The predicted octanol–water partition coefficient (Wildman–Crippen LogP) is 0.330. The monoisotopic (exact) mass is 238 g/mol. The van der Waals surface area contributed by atoms with E-state index in [0.29, 0.717) is 6.08 Å². The predicted molar refractivity (Wildman–Crippen MR) is 52.5 cm³/mol. The first-order valence-corrected chi connectivity index (χ1v) is 4.35. The molecule has 7 nitrogen and oxygen atoms in total. The molecule has 0 atom stereocenters. The van der Waals surface area contributed by atoms with Gasteiger partial charge in [-0.2, -0.15) is 0 Å². The van der Waals surface area contributed by atoms with Gasteiger partial charge < -0.3 is 25.5 Å². The Morgan fingerprint density at radius 3 is 1.71 bits per heavy atom. The van der Waals surface area contributed by atoms with E-state index < -0.39 is 51.5 Å². The maximum absolute atomic E-state index is 11.5. The minimum Gasteiger partial charge on any atom is -0.504 e. The number of phenolic OH excluding ortho intramolecular Hbond substituents is 4. The molecule has 1 aromatic rings. The largest absolute Gasteiger partial charge is 0.504 e. The lowest BCUT2D eigenvalue weighted by Crippen LogP contribution is -2.17. The summed E-state index contributed by atoms with van der Waals surface area (Å²) in [6.07, 6.45) is 0.542. The number of fused-ring (bicyclic) bond motifs is 1. The molecule has 0 saturated carbocycles. The molecule has 0 bridgehead atoms. The fraction of sp³-hybridized carbons (Fsp3) is 0. The molecular weight excluding hydrogens is 232 g/mol. The number of allylic oxidation sites excluding steroid dienone is 2. The van der Waals surface area contributed by atoms with Crippen molar-refractivity contribution in [1.29, 1.82) is 0 Å². The molecule has 2 rings (SSSR count). The number of aliphatic hydroxyl groups is 1. The van der Waals surface area contributed by atoms with E-state index in [2.05, 4.69) is 0 Å². The summed E-state index contributed by atoms with van der Waals surface area (Å²) in [5.74, 6) is -7.40. The minimum absolute atomic E-state index is 0.542. The van der Waals surface area contributed by atoms with E-state index in [1.807, 2.05) is 0 Å². The van der Waals surface area contributed by atoms with Crippen LogP contribution in [-0.4, -0.2) is 37.1 Å². The molecule has 0 radical (unpaired) electrons. The lowest BCUT2D eigenvalue weighted by Gasteiger charge is -2.16. The fourth-order valence-corrected chi connectivity index (χ4v) is 1.55. The van der Waals surface area contributed by atoms with Crippen LogP contribution in [0.1, 0.15) is 20.7 Å². The average Bonchev–Trinajstić information content (AvgIpc) is 2.28. The first-order chi connectivity index (χ1) is 7.86. The topological polar surface area (TPSA) is 135 Å². The molecule has 5 N–H and O–H groups in total. The molecule has 17 heavy (non-hydrogen) atoms. The van der Waals surface area contributed by atoms with Gasteiger partial charge >= 0.3 is 0 Å². The van der Waals surface area contributed by atoms with Gasteiger partial charge in [0.15, 0.2) is 23.0 Å². The summed E-state index contributed by atoms with van der Waals surface area (Å²) in [6.45, 7) is 0. The van der Waals surface area contributed by atoms with Crippen molar-refractivity contribution in [3.63, 3.8) is 0 Å². The zero-order chi connectivity index (χ0) is 12.9. The molecule has 7 heteroatoms. The van der Waals surface area contributed by atoms with Crippen molar-refractivity contribution in [2.45, 2.75) is 0 Å². The van der Waals surface area contributed by atoms with Gasteiger partial charge in [0.2, 0.25) is 17.3 Å². The van der Waals surface area contributed by atoms with Crippen LogP contribution in [-0.2, 0) is 0 Å². The number of aromatic hydroxyl groups is 4. The van der Waals surface area contributed by atoms with Crippen LogP contribution in [0.2, 0.25) is 0 Å². The van der Waals surface area contributed by atoms with Gasteiger partial charge in [0.1, 0.15) is 0 Å². The van der Waals surface area contributed by atoms with E-state index >= 15 is 0 Å². The molecule has 1 aliphatic carbocycles. The van der Waals surface area contributed by atoms with Crippen molar-refractivity contribution < 1.29 is 35.1 Å². The number of carbonyl (C=O) groups is 2. The van der Waals surface area contributed by atoms with Gasteiger partial charge in [-0.05, 0) is 0 Å². The van der Waals surface area contributed by atoms with Gasteiger partial charge in [-0.1, -0.05) is 0 Å². The SMILES string of the molecule is O=C1C=C(O)C(=O)c2c(O)c(O)c(O)c(O)c21. The lowest BCUT2D eigenvalue weighted by molar-refractivity contribution is 0.0933. The van der Waals surface area contributed by atoms with Crippen LogP contribution < -0.4 is 0 Å². The van der Waals surface area contributed by atoms with Crippen LogP contribution in [0.25, 0.3) is 0 Å². The molecule has 0 saturated heterocycles. The van der Waals surface area contributed by atoms with Crippen LogP contribution in [0.4, 0.5) is 0 Å². The number of hydrogen-bond donors (Lipinski definition) is 5. The van der Waals surface area contributed by atoms with E-state index in [4.69, 9.17) is 5.11 Å². The van der Waals surface area contributed by atoms with Crippen molar-refractivity contribution in [2.24, 2.45) is 0 Å². The Labute approximate surface area is 93.5 Å².